The van der Waals surface area contributed by atoms with Gasteiger partial charge in [-0.3, -0.25) is 4.79 Å². The number of benzene rings is 2. The van der Waals surface area contributed by atoms with Crippen molar-refractivity contribution in [1.29, 1.82) is 0 Å². The third kappa shape index (κ3) is 3.36. The number of fused-ring (bicyclic) bond motifs is 3. The summed E-state index contributed by atoms with van der Waals surface area (Å²) in [6.45, 7) is 0. The van der Waals surface area contributed by atoms with Crippen molar-refractivity contribution in [3.63, 3.8) is 0 Å². The van der Waals surface area contributed by atoms with Gasteiger partial charge in [0.25, 0.3) is 5.91 Å². The fourth-order valence-electron chi connectivity index (χ4n) is 4.20. The first kappa shape index (κ1) is 18.1. The molecule has 0 saturated carbocycles. The number of nitrogens with two attached hydrogens (primary N) is 1. The molecule has 4 nitrogen and oxygen atoms in total. The highest BCUT2D eigenvalue weighted by Crippen LogP contribution is 2.36. The Morgan fingerprint density at radius 1 is 0.966 bits per heavy atom. The maximum absolute atomic E-state index is 13.1. The molecular formula is C24H23N3OS. The number of hydrogen-bond donors (Lipinski definition) is 2. The number of aryl methyl sites for hydroxylation is 2. The molecule has 146 valence electrons. The molecule has 0 unspecified atom stereocenters. The smallest absolute Gasteiger partial charge is 0.267 e. The van der Waals surface area contributed by atoms with Crippen molar-refractivity contribution in [2.24, 2.45) is 0 Å². The normalized spacial score (nSPS) is 14.3. The molecule has 0 spiro atoms. The second-order valence-electron chi connectivity index (χ2n) is 7.69. The van der Waals surface area contributed by atoms with Crippen LogP contribution in [-0.2, 0) is 12.8 Å². The molecule has 5 heteroatoms. The molecule has 0 saturated heterocycles. The van der Waals surface area contributed by atoms with Crippen molar-refractivity contribution in [2.45, 2.75) is 38.5 Å². The quantitative estimate of drug-likeness (QED) is 0.436. The number of carbonyl (C=O) groups excluding carboxylic acids is 1. The summed E-state index contributed by atoms with van der Waals surface area (Å²) < 4.78 is 0. The number of thiophene rings is 1. The second kappa shape index (κ2) is 7.48. The van der Waals surface area contributed by atoms with Crippen molar-refractivity contribution >= 4 is 49.6 Å². The van der Waals surface area contributed by atoms with Crippen molar-refractivity contribution in [3.05, 3.63) is 64.7 Å². The van der Waals surface area contributed by atoms with E-state index in [4.69, 9.17) is 10.7 Å². The number of nitrogens with zero attached hydrogens (tertiary/aromatic N) is 1. The van der Waals surface area contributed by atoms with E-state index in [1.807, 2.05) is 42.5 Å². The summed E-state index contributed by atoms with van der Waals surface area (Å²) in [7, 11) is 0. The molecular weight excluding hydrogens is 378 g/mol. The zero-order valence-corrected chi connectivity index (χ0v) is 17.0. The first-order valence-corrected chi connectivity index (χ1v) is 11.0. The topological polar surface area (TPSA) is 68.0 Å². The fourth-order valence-corrected chi connectivity index (χ4v) is 5.19. The number of anilines is 2. The van der Waals surface area contributed by atoms with E-state index in [0.29, 0.717) is 10.6 Å². The van der Waals surface area contributed by atoms with Gasteiger partial charge >= 0.3 is 0 Å². The molecule has 0 bridgehead atoms. The lowest BCUT2D eigenvalue weighted by Gasteiger charge is -2.12. The minimum absolute atomic E-state index is 0.172. The van der Waals surface area contributed by atoms with Crippen LogP contribution < -0.4 is 11.1 Å². The number of carbonyl (C=O) groups is 1. The average molecular weight is 402 g/mol. The zero-order valence-electron chi connectivity index (χ0n) is 16.2. The van der Waals surface area contributed by atoms with E-state index in [1.54, 1.807) is 0 Å². The Balaban J connectivity index is 1.52. The first-order valence-electron chi connectivity index (χ1n) is 10.2. The van der Waals surface area contributed by atoms with Crippen molar-refractivity contribution in [1.82, 2.24) is 4.98 Å². The highest BCUT2D eigenvalue weighted by molar-refractivity contribution is 7.21. The van der Waals surface area contributed by atoms with Crippen molar-refractivity contribution < 1.29 is 4.79 Å². The van der Waals surface area contributed by atoms with E-state index < -0.39 is 0 Å². The van der Waals surface area contributed by atoms with Crippen LogP contribution in [0.3, 0.4) is 0 Å². The van der Waals surface area contributed by atoms with E-state index in [1.165, 1.54) is 48.3 Å². The predicted octanol–water partition coefficient (Wildman–Crippen LogP) is 5.94. The number of pyridine rings is 1. The van der Waals surface area contributed by atoms with Gasteiger partial charge in [0.05, 0.1) is 5.69 Å². The first-order chi connectivity index (χ1) is 14.2. The number of rotatable bonds is 2. The summed E-state index contributed by atoms with van der Waals surface area (Å²) >= 11 is 1.39. The van der Waals surface area contributed by atoms with E-state index in [9.17, 15) is 4.79 Å². The predicted molar refractivity (Wildman–Crippen MR) is 122 cm³/mol. The van der Waals surface area contributed by atoms with Crippen LogP contribution in [0, 0.1) is 0 Å². The van der Waals surface area contributed by atoms with Gasteiger partial charge < -0.3 is 11.1 Å². The molecule has 2 aromatic carbocycles. The molecule has 0 atom stereocenters. The van der Waals surface area contributed by atoms with Crippen LogP contribution in [0.2, 0.25) is 0 Å². The molecule has 3 N–H and O–H groups in total. The molecule has 29 heavy (non-hydrogen) atoms. The highest BCUT2D eigenvalue weighted by Gasteiger charge is 2.20. The Labute approximate surface area is 173 Å². The van der Waals surface area contributed by atoms with Crippen LogP contribution in [0.15, 0.2) is 48.5 Å². The van der Waals surface area contributed by atoms with E-state index in [-0.39, 0.29) is 5.91 Å². The summed E-state index contributed by atoms with van der Waals surface area (Å²) in [6, 6.07) is 16.1. The summed E-state index contributed by atoms with van der Waals surface area (Å²) in [4.78, 5) is 19.4. The maximum Gasteiger partial charge on any atom is 0.267 e. The Bertz CT molecular complexity index is 1220. The van der Waals surface area contributed by atoms with Gasteiger partial charge in [0.15, 0.2) is 0 Å². The number of amides is 1. The number of nitrogens with one attached hydrogen (secondary N) is 1. The fraction of sp³-hybridized carbons (Fsp3) is 0.250. The van der Waals surface area contributed by atoms with Gasteiger partial charge in [0.1, 0.15) is 9.71 Å². The molecule has 0 radical (unpaired) electrons. The van der Waals surface area contributed by atoms with E-state index >= 15 is 0 Å². The number of nitrogen functional groups attached to an aromatic ring is 1. The monoisotopic (exact) mass is 401 g/mol. The Kier molecular flexibility index (Phi) is 4.68. The minimum atomic E-state index is -0.172. The van der Waals surface area contributed by atoms with Gasteiger partial charge in [-0.2, -0.15) is 0 Å². The molecule has 0 fully saturated rings. The van der Waals surface area contributed by atoms with Gasteiger partial charge in [-0.25, -0.2) is 4.98 Å². The van der Waals surface area contributed by atoms with Gasteiger partial charge in [0.2, 0.25) is 0 Å². The third-order valence-electron chi connectivity index (χ3n) is 5.74. The second-order valence-corrected chi connectivity index (χ2v) is 8.69. The van der Waals surface area contributed by atoms with E-state index in [2.05, 4.69) is 11.4 Å². The average Bonchev–Trinajstić information content (AvgIpc) is 3.04. The molecule has 4 aromatic rings. The zero-order chi connectivity index (χ0) is 19.8. The SMILES string of the molecule is Nc1c(C(=O)Nc2cccc3ccccc23)sc2nc3c(cc12)CCCCCC3. The molecule has 2 aromatic heterocycles. The van der Waals surface area contributed by atoms with Gasteiger partial charge in [-0.15, -0.1) is 11.3 Å². The number of aromatic nitrogens is 1. The maximum atomic E-state index is 13.1. The summed E-state index contributed by atoms with van der Waals surface area (Å²) in [6.07, 6.45) is 6.98. The van der Waals surface area contributed by atoms with Crippen LogP contribution in [0.4, 0.5) is 11.4 Å². The molecule has 1 amide bonds. The molecule has 1 aliphatic carbocycles. The van der Waals surface area contributed by atoms with Gasteiger partial charge in [0, 0.05) is 22.2 Å². The lowest BCUT2D eigenvalue weighted by atomic mass is 9.96. The van der Waals surface area contributed by atoms with Gasteiger partial charge in [-0.05, 0) is 48.8 Å². The third-order valence-corrected chi connectivity index (χ3v) is 6.86. The van der Waals surface area contributed by atoms with Crippen LogP contribution in [0.25, 0.3) is 21.0 Å². The lowest BCUT2D eigenvalue weighted by molar-refractivity contribution is 0.103. The summed E-state index contributed by atoms with van der Waals surface area (Å²) in [5.74, 6) is -0.172. The van der Waals surface area contributed by atoms with Crippen molar-refractivity contribution in [2.75, 3.05) is 11.1 Å². The number of hydrogen-bond acceptors (Lipinski definition) is 4. The highest BCUT2D eigenvalue weighted by atomic mass is 32.1. The van der Waals surface area contributed by atoms with E-state index in [0.717, 1.165) is 39.5 Å². The van der Waals surface area contributed by atoms with Crippen molar-refractivity contribution in [3.8, 4) is 0 Å². The molecule has 2 heterocycles. The van der Waals surface area contributed by atoms with Gasteiger partial charge in [-0.1, -0.05) is 49.2 Å². The molecule has 1 aliphatic rings. The van der Waals surface area contributed by atoms with Crippen LogP contribution in [0.1, 0.15) is 46.6 Å². The Morgan fingerprint density at radius 2 is 1.76 bits per heavy atom. The minimum Gasteiger partial charge on any atom is -0.397 e. The Morgan fingerprint density at radius 3 is 2.66 bits per heavy atom. The molecule has 5 rings (SSSR count). The molecule has 0 aliphatic heterocycles. The van der Waals surface area contributed by atoms with Crippen LogP contribution in [-0.4, -0.2) is 10.9 Å². The van der Waals surface area contributed by atoms with Crippen LogP contribution in [0.5, 0.6) is 0 Å². The largest absolute Gasteiger partial charge is 0.397 e. The Hall–Kier alpha value is -2.92. The van der Waals surface area contributed by atoms with Crippen LogP contribution >= 0.6 is 11.3 Å². The summed E-state index contributed by atoms with van der Waals surface area (Å²) in [5, 5.41) is 6.08. The lowest BCUT2D eigenvalue weighted by Crippen LogP contribution is -2.12. The standard InChI is InChI=1S/C24H23N3OS/c25-21-18-14-16-9-3-1-2-4-12-19(16)27-24(18)29-22(21)23(28)26-20-13-7-10-15-8-5-6-11-17(15)20/h5-8,10-11,13-14H,1-4,9,12,25H2,(H,26,28). The summed E-state index contributed by atoms with van der Waals surface area (Å²) in [5.41, 5.74) is 10.2.